The number of aryl methyl sites for hydroxylation is 2. The van der Waals surface area contributed by atoms with Crippen LogP contribution < -0.4 is 0 Å². The molecule has 122 valence electrons. The van der Waals surface area contributed by atoms with E-state index in [-0.39, 0.29) is 0 Å². The van der Waals surface area contributed by atoms with Crippen LogP contribution >= 0.6 is 0 Å². The molecule has 1 saturated heterocycles. The lowest BCUT2D eigenvalue weighted by molar-refractivity contribution is 0.173. The van der Waals surface area contributed by atoms with Gasteiger partial charge < -0.3 is 0 Å². The Hall–Kier alpha value is -1.94. The highest BCUT2D eigenvalue weighted by Gasteiger charge is 2.20. The molecule has 0 bridgehead atoms. The van der Waals surface area contributed by atoms with Crippen molar-refractivity contribution in [1.29, 1.82) is 0 Å². The van der Waals surface area contributed by atoms with Crippen molar-refractivity contribution in [3.63, 3.8) is 0 Å². The van der Waals surface area contributed by atoms with E-state index in [4.69, 9.17) is 0 Å². The molecule has 0 saturated carbocycles. The molecule has 0 aliphatic carbocycles. The monoisotopic (exact) mass is 310 g/mol. The molecule has 2 aromatic rings. The fourth-order valence-electron chi connectivity index (χ4n) is 3.35. The summed E-state index contributed by atoms with van der Waals surface area (Å²) in [4.78, 5) is 6.95. The van der Waals surface area contributed by atoms with Crippen molar-refractivity contribution in [3.05, 3.63) is 53.6 Å². The highest BCUT2D eigenvalue weighted by molar-refractivity contribution is 5.48. The van der Waals surface area contributed by atoms with Crippen molar-refractivity contribution >= 4 is 6.08 Å². The Morgan fingerprint density at radius 2 is 2.04 bits per heavy atom. The van der Waals surface area contributed by atoms with E-state index in [0.717, 1.165) is 31.3 Å². The SMILES string of the molecule is Cc1nc(C)n(C[C@H]2CCCN(C/C=C/c3ccccc3)C2)n1. The summed E-state index contributed by atoms with van der Waals surface area (Å²) in [5, 5.41) is 4.50. The Morgan fingerprint density at radius 3 is 2.78 bits per heavy atom. The largest absolute Gasteiger partial charge is 0.299 e. The zero-order valence-electron chi connectivity index (χ0n) is 14.2. The molecule has 1 aliphatic heterocycles. The molecule has 1 atom stereocenters. The van der Waals surface area contributed by atoms with Gasteiger partial charge in [0.05, 0.1) is 0 Å². The Balaban J connectivity index is 1.52. The third kappa shape index (κ3) is 4.52. The van der Waals surface area contributed by atoms with Crippen molar-refractivity contribution in [2.75, 3.05) is 19.6 Å². The van der Waals surface area contributed by atoms with Gasteiger partial charge in [0.15, 0.2) is 0 Å². The zero-order valence-corrected chi connectivity index (χ0v) is 14.2. The van der Waals surface area contributed by atoms with Gasteiger partial charge in [-0.15, -0.1) is 0 Å². The summed E-state index contributed by atoms with van der Waals surface area (Å²) in [5.74, 6) is 2.58. The van der Waals surface area contributed by atoms with E-state index in [1.165, 1.54) is 24.9 Å². The Labute approximate surface area is 138 Å². The zero-order chi connectivity index (χ0) is 16.1. The van der Waals surface area contributed by atoms with Gasteiger partial charge >= 0.3 is 0 Å². The standard InChI is InChI=1S/C19H26N4/c1-16-20-17(2)23(21-16)15-19-11-7-13-22(14-19)12-6-10-18-8-4-3-5-9-18/h3-6,8-10,19H,7,11-15H2,1-2H3/b10-6+/t19-/m0/s1. The number of benzene rings is 1. The van der Waals surface area contributed by atoms with Crippen LogP contribution in [0.2, 0.25) is 0 Å². The van der Waals surface area contributed by atoms with Crippen LogP contribution in [0.15, 0.2) is 36.4 Å². The number of aromatic nitrogens is 3. The maximum Gasteiger partial charge on any atom is 0.147 e. The van der Waals surface area contributed by atoms with Crippen LogP contribution in [0.1, 0.15) is 30.1 Å². The summed E-state index contributed by atoms with van der Waals surface area (Å²) in [6, 6.07) is 10.5. The van der Waals surface area contributed by atoms with Crippen molar-refractivity contribution < 1.29 is 0 Å². The molecule has 2 heterocycles. The van der Waals surface area contributed by atoms with E-state index < -0.39 is 0 Å². The van der Waals surface area contributed by atoms with Crippen LogP contribution in [0.25, 0.3) is 6.08 Å². The van der Waals surface area contributed by atoms with Gasteiger partial charge in [-0.2, -0.15) is 5.10 Å². The molecular formula is C19H26N4. The third-order valence-electron chi connectivity index (χ3n) is 4.47. The highest BCUT2D eigenvalue weighted by Crippen LogP contribution is 2.18. The number of hydrogen-bond acceptors (Lipinski definition) is 3. The first-order chi connectivity index (χ1) is 11.2. The molecule has 0 spiro atoms. The lowest BCUT2D eigenvalue weighted by Crippen LogP contribution is -2.37. The molecule has 4 heteroatoms. The maximum absolute atomic E-state index is 4.50. The average molecular weight is 310 g/mol. The first kappa shape index (κ1) is 15.9. The van der Waals surface area contributed by atoms with E-state index in [0.29, 0.717) is 5.92 Å². The average Bonchev–Trinajstić information content (AvgIpc) is 2.86. The van der Waals surface area contributed by atoms with Crippen LogP contribution in [0.5, 0.6) is 0 Å². The topological polar surface area (TPSA) is 34.0 Å². The van der Waals surface area contributed by atoms with Gasteiger partial charge in [-0.05, 0) is 44.7 Å². The molecule has 0 amide bonds. The normalized spacial score (nSPS) is 19.5. The second-order valence-corrected chi connectivity index (χ2v) is 6.47. The molecular weight excluding hydrogens is 284 g/mol. The summed E-state index contributed by atoms with van der Waals surface area (Å²) < 4.78 is 2.07. The molecule has 1 aromatic carbocycles. The quantitative estimate of drug-likeness (QED) is 0.849. The molecule has 1 aromatic heterocycles. The summed E-state index contributed by atoms with van der Waals surface area (Å²) in [5.41, 5.74) is 1.27. The number of likely N-dealkylation sites (tertiary alicyclic amines) is 1. The van der Waals surface area contributed by atoms with Gasteiger partial charge in [0.2, 0.25) is 0 Å². The van der Waals surface area contributed by atoms with Gasteiger partial charge in [-0.1, -0.05) is 42.5 Å². The summed E-state index contributed by atoms with van der Waals surface area (Å²) in [6.45, 7) is 8.38. The number of piperidine rings is 1. The minimum Gasteiger partial charge on any atom is -0.299 e. The lowest BCUT2D eigenvalue weighted by atomic mass is 9.98. The van der Waals surface area contributed by atoms with E-state index in [2.05, 4.69) is 62.1 Å². The van der Waals surface area contributed by atoms with Crippen LogP contribution in [-0.4, -0.2) is 39.3 Å². The number of rotatable bonds is 5. The van der Waals surface area contributed by atoms with Crippen LogP contribution in [-0.2, 0) is 6.54 Å². The molecule has 4 nitrogen and oxygen atoms in total. The first-order valence-corrected chi connectivity index (χ1v) is 8.53. The Bertz CT molecular complexity index is 645. The van der Waals surface area contributed by atoms with Crippen LogP contribution in [0, 0.1) is 19.8 Å². The van der Waals surface area contributed by atoms with Crippen molar-refractivity contribution in [2.24, 2.45) is 5.92 Å². The highest BCUT2D eigenvalue weighted by atomic mass is 15.3. The summed E-state index contributed by atoms with van der Waals surface area (Å²) in [6.07, 6.45) is 7.06. The fourth-order valence-corrected chi connectivity index (χ4v) is 3.35. The molecule has 0 radical (unpaired) electrons. The van der Waals surface area contributed by atoms with E-state index in [1.807, 2.05) is 13.8 Å². The van der Waals surface area contributed by atoms with Gasteiger partial charge in [0.25, 0.3) is 0 Å². The molecule has 3 rings (SSSR count). The van der Waals surface area contributed by atoms with Crippen molar-refractivity contribution in [2.45, 2.75) is 33.2 Å². The predicted octanol–water partition coefficient (Wildman–Crippen LogP) is 3.32. The van der Waals surface area contributed by atoms with E-state index >= 15 is 0 Å². The number of hydrogen-bond donors (Lipinski definition) is 0. The second kappa shape index (κ2) is 7.55. The minimum absolute atomic E-state index is 0.675. The fraction of sp³-hybridized carbons (Fsp3) is 0.474. The smallest absolute Gasteiger partial charge is 0.147 e. The van der Waals surface area contributed by atoms with Crippen LogP contribution in [0.4, 0.5) is 0 Å². The minimum atomic E-state index is 0.675. The number of nitrogens with zero attached hydrogens (tertiary/aromatic N) is 4. The van der Waals surface area contributed by atoms with Gasteiger partial charge in [0.1, 0.15) is 11.6 Å². The predicted molar refractivity (Wildman–Crippen MR) is 94.1 cm³/mol. The van der Waals surface area contributed by atoms with E-state index in [1.54, 1.807) is 0 Å². The third-order valence-corrected chi connectivity index (χ3v) is 4.47. The van der Waals surface area contributed by atoms with Crippen molar-refractivity contribution in [3.8, 4) is 0 Å². The molecule has 0 unspecified atom stereocenters. The Morgan fingerprint density at radius 1 is 1.22 bits per heavy atom. The van der Waals surface area contributed by atoms with Gasteiger partial charge in [-0.25, -0.2) is 9.67 Å². The van der Waals surface area contributed by atoms with E-state index in [9.17, 15) is 0 Å². The molecule has 1 aliphatic rings. The van der Waals surface area contributed by atoms with Crippen molar-refractivity contribution in [1.82, 2.24) is 19.7 Å². The molecule has 1 fully saturated rings. The summed E-state index contributed by atoms with van der Waals surface area (Å²) in [7, 11) is 0. The first-order valence-electron chi connectivity index (χ1n) is 8.53. The van der Waals surface area contributed by atoms with Crippen LogP contribution in [0.3, 0.4) is 0 Å². The van der Waals surface area contributed by atoms with Gasteiger partial charge in [-0.3, -0.25) is 4.90 Å². The second-order valence-electron chi connectivity index (χ2n) is 6.47. The molecule has 23 heavy (non-hydrogen) atoms. The van der Waals surface area contributed by atoms with Gasteiger partial charge in [0, 0.05) is 19.6 Å². The summed E-state index contributed by atoms with van der Waals surface area (Å²) >= 11 is 0. The Kier molecular flexibility index (Phi) is 5.23. The molecule has 0 N–H and O–H groups in total. The maximum atomic E-state index is 4.50. The lowest BCUT2D eigenvalue weighted by Gasteiger charge is -2.32.